The fourth-order valence-corrected chi connectivity index (χ4v) is 3.31. The number of aromatic amines is 1. The van der Waals surface area contributed by atoms with Gasteiger partial charge in [-0.2, -0.15) is 0 Å². The van der Waals surface area contributed by atoms with Gasteiger partial charge in [0.25, 0.3) is 5.56 Å². The third-order valence-electron chi connectivity index (χ3n) is 4.66. The molecule has 5 heteroatoms. The van der Waals surface area contributed by atoms with Crippen LogP contribution < -0.4 is 5.56 Å². The Hall–Kier alpha value is -3.21. The molecule has 26 heavy (non-hydrogen) atoms. The molecule has 0 atom stereocenters. The van der Waals surface area contributed by atoms with Crippen molar-refractivity contribution in [3.05, 3.63) is 93.4 Å². The number of nitrogens with one attached hydrogen (secondary N) is 1. The number of hydrogen-bond donors (Lipinski definition) is 1. The molecule has 0 aliphatic rings. The monoisotopic (exact) mass is 347 g/mol. The summed E-state index contributed by atoms with van der Waals surface area (Å²) in [6.45, 7) is 3.71. The van der Waals surface area contributed by atoms with Crippen molar-refractivity contribution in [2.75, 3.05) is 0 Å². The third-order valence-corrected chi connectivity index (χ3v) is 4.66. The number of benzene rings is 2. The molecule has 0 unspecified atom stereocenters. The van der Waals surface area contributed by atoms with Crippen molar-refractivity contribution in [3.63, 3.8) is 0 Å². The van der Waals surface area contributed by atoms with Crippen LogP contribution in [0.15, 0.2) is 59.4 Å². The van der Waals surface area contributed by atoms with Crippen LogP contribution in [0.1, 0.15) is 22.6 Å². The SMILES string of the molecule is Cc1c(Cc2ccccc2)[nH]c2nc(C)n(-c3ccc(F)cc3)c(=O)c12. The van der Waals surface area contributed by atoms with Gasteiger partial charge in [-0.25, -0.2) is 9.37 Å². The highest BCUT2D eigenvalue weighted by atomic mass is 19.1. The Morgan fingerprint density at radius 3 is 2.42 bits per heavy atom. The van der Waals surface area contributed by atoms with Gasteiger partial charge in [0.2, 0.25) is 0 Å². The topological polar surface area (TPSA) is 50.7 Å². The highest BCUT2D eigenvalue weighted by molar-refractivity contribution is 5.80. The second-order valence-electron chi connectivity index (χ2n) is 6.39. The predicted molar refractivity (Wildman–Crippen MR) is 100 cm³/mol. The van der Waals surface area contributed by atoms with E-state index in [1.807, 2.05) is 25.1 Å². The van der Waals surface area contributed by atoms with Crippen LogP contribution in [0.5, 0.6) is 0 Å². The van der Waals surface area contributed by atoms with E-state index in [1.165, 1.54) is 16.7 Å². The Bertz CT molecular complexity index is 1140. The van der Waals surface area contributed by atoms with E-state index in [0.717, 1.165) is 16.8 Å². The number of halogens is 1. The molecule has 1 N–H and O–H groups in total. The van der Waals surface area contributed by atoms with Gasteiger partial charge in [0.15, 0.2) is 0 Å². The predicted octanol–water partition coefficient (Wildman–Crippen LogP) is 4.06. The molecule has 0 radical (unpaired) electrons. The van der Waals surface area contributed by atoms with E-state index in [4.69, 9.17) is 0 Å². The average Bonchev–Trinajstić information content (AvgIpc) is 2.93. The molecule has 0 saturated carbocycles. The molecule has 130 valence electrons. The van der Waals surface area contributed by atoms with E-state index in [-0.39, 0.29) is 11.4 Å². The zero-order valence-corrected chi connectivity index (χ0v) is 14.6. The van der Waals surface area contributed by atoms with E-state index >= 15 is 0 Å². The van der Waals surface area contributed by atoms with Crippen LogP contribution in [0.4, 0.5) is 4.39 Å². The molecule has 2 heterocycles. The largest absolute Gasteiger partial charge is 0.342 e. The molecule has 0 bridgehead atoms. The lowest BCUT2D eigenvalue weighted by Gasteiger charge is -2.09. The van der Waals surface area contributed by atoms with E-state index in [2.05, 4.69) is 22.1 Å². The molecular formula is C21H18FN3O. The third kappa shape index (κ3) is 2.71. The molecule has 0 fully saturated rings. The van der Waals surface area contributed by atoms with Crippen molar-refractivity contribution < 1.29 is 4.39 Å². The zero-order valence-electron chi connectivity index (χ0n) is 14.6. The molecule has 4 nitrogen and oxygen atoms in total. The molecular weight excluding hydrogens is 329 g/mol. The van der Waals surface area contributed by atoms with Gasteiger partial charge in [0.1, 0.15) is 17.3 Å². The molecule has 4 rings (SSSR count). The van der Waals surface area contributed by atoms with Crippen molar-refractivity contribution in [2.24, 2.45) is 0 Å². The Morgan fingerprint density at radius 1 is 1.04 bits per heavy atom. The molecule has 2 aromatic heterocycles. The maximum atomic E-state index is 13.2. The molecule has 0 spiro atoms. The van der Waals surface area contributed by atoms with E-state index in [9.17, 15) is 9.18 Å². The van der Waals surface area contributed by atoms with Crippen LogP contribution in [0.3, 0.4) is 0 Å². The minimum Gasteiger partial charge on any atom is -0.342 e. The highest BCUT2D eigenvalue weighted by Gasteiger charge is 2.17. The maximum absolute atomic E-state index is 13.2. The van der Waals surface area contributed by atoms with Gasteiger partial charge in [-0.05, 0) is 49.2 Å². The van der Waals surface area contributed by atoms with E-state index in [1.54, 1.807) is 19.1 Å². The summed E-state index contributed by atoms with van der Waals surface area (Å²) in [4.78, 5) is 21.0. The van der Waals surface area contributed by atoms with Crippen molar-refractivity contribution in [1.29, 1.82) is 0 Å². The smallest absolute Gasteiger partial charge is 0.267 e. The second-order valence-corrected chi connectivity index (χ2v) is 6.39. The number of aryl methyl sites for hydroxylation is 2. The van der Waals surface area contributed by atoms with Gasteiger partial charge in [-0.1, -0.05) is 30.3 Å². The standard InChI is InChI=1S/C21H18FN3O/c1-13-18(12-15-6-4-3-5-7-15)24-20-19(13)21(26)25(14(2)23-20)17-10-8-16(22)9-11-17/h3-11,24H,12H2,1-2H3. The zero-order chi connectivity index (χ0) is 18.3. The van der Waals surface area contributed by atoms with E-state index in [0.29, 0.717) is 29.0 Å². The van der Waals surface area contributed by atoms with Crippen molar-refractivity contribution in [1.82, 2.24) is 14.5 Å². The normalized spacial score (nSPS) is 11.2. The minimum atomic E-state index is -0.337. The second kappa shape index (κ2) is 6.26. The lowest BCUT2D eigenvalue weighted by Crippen LogP contribution is -2.22. The molecule has 2 aromatic carbocycles. The lowest BCUT2D eigenvalue weighted by atomic mass is 10.1. The number of nitrogens with zero attached hydrogens (tertiary/aromatic N) is 2. The Labute approximate surface area is 150 Å². The summed E-state index contributed by atoms with van der Waals surface area (Å²) in [5.41, 5.74) is 4.09. The lowest BCUT2D eigenvalue weighted by molar-refractivity contribution is 0.627. The minimum absolute atomic E-state index is 0.146. The molecule has 0 aliphatic heterocycles. The summed E-state index contributed by atoms with van der Waals surface area (Å²) in [5.74, 6) is 0.220. The summed E-state index contributed by atoms with van der Waals surface area (Å²) < 4.78 is 14.7. The first-order valence-electron chi connectivity index (χ1n) is 8.45. The fraction of sp³-hybridized carbons (Fsp3) is 0.143. The van der Waals surface area contributed by atoms with Crippen molar-refractivity contribution in [3.8, 4) is 5.69 Å². The van der Waals surface area contributed by atoms with Crippen LogP contribution in [0, 0.1) is 19.7 Å². The highest BCUT2D eigenvalue weighted by Crippen LogP contribution is 2.21. The first-order valence-corrected chi connectivity index (χ1v) is 8.45. The Kier molecular flexibility index (Phi) is 3.92. The molecule has 0 amide bonds. The first kappa shape index (κ1) is 16.3. The van der Waals surface area contributed by atoms with Crippen LogP contribution in [-0.2, 0) is 6.42 Å². The van der Waals surface area contributed by atoms with Crippen molar-refractivity contribution in [2.45, 2.75) is 20.3 Å². The van der Waals surface area contributed by atoms with Crippen LogP contribution in [-0.4, -0.2) is 14.5 Å². The molecule has 0 saturated heterocycles. The number of rotatable bonds is 3. The maximum Gasteiger partial charge on any atom is 0.267 e. The number of aromatic nitrogens is 3. The summed E-state index contributed by atoms with van der Waals surface area (Å²) in [5, 5.41) is 0.575. The van der Waals surface area contributed by atoms with Gasteiger partial charge in [-0.15, -0.1) is 0 Å². The van der Waals surface area contributed by atoms with Crippen LogP contribution in [0.2, 0.25) is 0 Å². The number of fused-ring (bicyclic) bond motifs is 1. The van der Waals surface area contributed by atoms with Crippen molar-refractivity contribution >= 4 is 11.0 Å². The van der Waals surface area contributed by atoms with Gasteiger partial charge in [0.05, 0.1) is 11.1 Å². The summed E-state index contributed by atoms with van der Waals surface area (Å²) >= 11 is 0. The molecule has 0 aliphatic carbocycles. The number of hydrogen-bond acceptors (Lipinski definition) is 2. The molecule has 4 aromatic rings. The fourth-order valence-electron chi connectivity index (χ4n) is 3.31. The Balaban J connectivity index is 1.88. The summed E-state index contributed by atoms with van der Waals surface area (Å²) in [6, 6.07) is 15.9. The average molecular weight is 347 g/mol. The van der Waals surface area contributed by atoms with Crippen LogP contribution >= 0.6 is 0 Å². The van der Waals surface area contributed by atoms with Gasteiger partial charge >= 0.3 is 0 Å². The Morgan fingerprint density at radius 2 is 1.73 bits per heavy atom. The van der Waals surface area contributed by atoms with E-state index < -0.39 is 0 Å². The van der Waals surface area contributed by atoms with Gasteiger partial charge in [0, 0.05) is 12.1 Å². The summed E-state index contributed by atoms with van der Waals surface area (Å²) in [6.07, 6.45) is 0.706. The first-order chi connectivity index (χ1) is 12.5. The number of H-pyrrole nitrogens is 1. The van der Waals surface area contributed by atoms with Gasteiger partial charge in [-0.3, -0.25) is 9.36 Å². The van der Waals surface area contributed by atoms with Gasteiger partial charge < -0.3 is 4.98 Å². The quantitative estimate of drug-likeness (QED) is 0.608. The van der Waals surface area contributed by atoms with Crippen LogP contribution in [0.25, 0.3) is 16.7 Å². The summed E-state index contributed by atoms with van der Waals surface area (Å²) in [7, 11) is 0.